The van der Waals surface area contributed by atoms with Gasteiger partial charge in [-0.1, -0.05) is 18.2 Å². The van der Waals surface area contributed by atoms with Gasteiger partial charge in [-0.3, -0.25) is 9.59 Å². The number of aromatic nitrogens is 1. The molecule has 1 saturated carbocycles. The zero-order valence-corrected chi connectivity index (χ0v) is 15.5. The van der Waals surface area contributed by atoms with Crippen LogP contribution in [0.5, 0.6) is 0 Å². The number of amides is 1. The minimum absolute atomic E-state index is 0.163. The third-order valence-corrected chi connectivity index (χ3v) is 5.22. The van der Waals surface area contributed by atoms with Gasteiger partial charge in [-0.05, 0) is 30.9 Å². The molecule has 27 heavy (non-hydrogen) atoms. The van der Waals surface area contributed by atoms with E-state index >= 15 is 0 Å². The lowest BCUT2D eigenvalue weighted by Crippen LogP contribution is -2.43. The van der Waals surface area contributed by atoms with E-state index in [0.29, 0.717) is 12.8 Å². The van der Waals surface area contributed by atoms with Gasteiger partial charge in [-0.15, -0.1) is 0 Å². The summed E-state index contributed by atoms with van der Waals surface area (Å²) in [4.78, 5) is 39.5. The molecule has 1 fully saturated rings. The van der Waals surface area contributed by atoms with Crippen LogP contribution in [0.1, 0.15) is 31.2 Å². The van der Waals surface area contributed by atoms with Gasteiger partial charge in [0, 0.05) is 29.9 Å². The molecule has 0 radical (unpaired) electrons. The lowest BCUT2D eigenvalue weighted by molar-refractivity contribution is -0.148. The van der Waals surface area contributed by atoms with Crippen molar-refractivity contribution in [2.75, 3.05) is 14.2 Å². The van der Waals surface area contributed by atoms with Crippen molar-refractivity contribution in [3.63, 3.8) is 0 Å². The van der Waals surface area contributed by atoms with E-state index in [-0.39, 0.29) is 18.3 Å². The summed E-state index contributed by atoms with van der Waals surface area (Å²) in [6, 6.07) is 6.98. The Hall–Kier alpha value is -2.83. The number of methoxy groups -OCH3 is 2. The lowest BCUT2D eigenvalue weighted by atomic mass is 9.99. The summed E-state index contributed by atoms with van der Waals surface area (Å²) >= 11 is 0. The van der Waals surface area contributed by atoms with E-state index in [9.17, 15) is 14.4 Å². The highest BCUT2D eigenvalue weighted by atomic mass is 16.5. The number of esters is 2. The first-order valence-electron chi connectivity index (χ1n) is 9.00. The van der Waals surface area contributed by atoms with Crippen molar-refractivity contribution in [2.24, 2.45) is 5.41 Å². The number of nitrogens with one attached hydrogen (secondary N) is 2. The third kappa shape index (κ3) is 4.13. The van der Waals surface area contributed by atoms with Crippen molar-refractivity contribution in [3.05, 3.63) is 36.0 Å². The third-order valence-electron chi connectivity index (χ3n) is 5.22. The van der Waals surface area contributed by atoms with Crippen LogP contribution in [0.25, 0.3) is 10.9 Å². The van der Waals surface area contributed by atoms with Crippen LogP contribution in [0, 0.1) is 5.41 Å². The van der Waals surface area contributed by atoms with Crippen LogP contribution in [-0.4, -0.2) is 43.1 Å². The Labute approximate surface area is 157 Å². The number of ether oxygens (including phenoxy) is 2. The number of para-hydroxylation sites is 1. The first kappa shape index (κ1) is 18.9. The highest BCUT2D eigenvalue weighted by Gasteiger charge is 2.50. The average Bonchev–Trinajstić information content (AvgIpc) is 3.39. The normalized spacial score (nSPS) is 15.8. The fraction of sp³-hybridized carbons (Fsp3) is 0.450. The van der Waals surface area contributed by atoms with Gasteiger partial charge in [0.2, 0.25) is 5.91 Å². The van der Waals surface area contributed by atoms with Gasteiger partial charge in [-0.25, -0.2) is 4.79 Å². The SMILES string of the molecule is COC(=O)[C@@H](Cc1c[nH]c2ccccc12)NC(=O)CCC1(C(=O)OC)CC1. The molecule has 2 N–H and O–H groups in total. The molecule has 1 aliphatic carbocycles. The molecule has 7 nitrogen and oxygen atoms in total. The molecule has 2 aromatic rings. The number of hydrogen-bond acceptors (Lipinski definition) is 5. The summed E-state index contributed by atoms with van der Waals surface area (Å²) < 4.78 is 9.66. The maximum atomic E-state index is 12.4. The monoisotopic (exact) mass is 372 g/mol. The number of rotatable bonds is 8. The van der Waals surface area contributed by atoms with E-state index in [1.807, 2.05) is 30.5 Å². The summed E-state index contributed by atoms with van der Waals surface area (Å²) in [5, 5.41) is 3.75. The number of hydrogen-bond donors (Lipinski definition) is 2. The van der Waals surface area contributed by atoms with Crippen molar-refractivity contribution < 1.29 is 23.9 Å². The number of carbonyl (C=O) groups excluding carboxylic acids is 3. The molecule has 0 spiro atoms. The lowest BCUT2D eigenvalue weighted by Gasteiger charge is -2.17. The van der Waals surface area contributed by atoms with Gasteiger partial charge in [0.1, 0.15) is 6.04 Å². The number of carbonyl (C=O) groups is 3. The largest absolute Gasteiger partial charge is 0.469 e. The summed E-state index contributed by atoms with van der Waals surface area (Å²) in [7, 11) is 2.66. The zero-order valence-electron chi connectivity index (χ0n) is 15.5. The van der Waals surface area contributed by atoms with Gasteiger partial charge in [0.05, 0.1) is 19.6 Å². The maximum absolute atomic E-state index is 12.4. The molecule has 1 aromatic heterocycles. The molecule has 1 heterocycles. The summed E-state index contributed by atoms with van der Waals surface area (Å²) in [6.07, 6.45) is 4.22. The van der Waals surface area contributed by atoms with Gasteiger partial charge in [0.15, 0.2) is 0 Å². The average molecular weight is 372 g/mol. The molecule has 144 valence electrons. The van der Waals surface area contributed by atoms with Crippen LogP contribution in [0.15, 0.2) is 30.5 Å². The Bertz CT molecular complexity index is 853. The molecule has 0 aliphatic heterocycles. The molecule has 3 rings (SSSR count). The second-order valence-corrected chi connectivity index (χ2v) is 6.98. The Balaban J connectivity index is 1.64. The number of aromatic amines is 1. The quantitative estimate of drug-likeness (QED) is 0.692. The van der Waals surface area contributed by atoms with Gasteiger partial charge in [-0.2, -0.15) is 0 Å². The van der Waals surface area contributed by atoms with Crippen LogP contribution in [0.4, 0.5) is 0 Å². The minimum atomic E-state index is -0.782. The molecule has 1 aromatic carbocycles. The highest BCUT2D eigenvalue weighted by Crippen LogP contribution is 2.50. The molecule has 1 atom stereocenters. The Morgan fingerprint density at radius 2 is 1.93 bits per heavy atom. The molecule has 7 heteroatoms. The van der Waals surface area contributed by atoms with E-state index in [4.69, 9.17) is 9.47 Å². The Morgan fingerprint density at radius 3 is 2.59 bits per heavy atom. The van der Waals surface area contributed by atoms with E-state index in [1.54, 1.807) is 0 Å². The molecule has 0 bridgehead atoms. The molecule has 1 amide bonds. The first-order chi connectivity index (χ1) is 13.0. The molecular weight excluding hydrogens is 348 g/mol. The van der Waals surface area contributed by atoms with Crippen molar-refractivity contribution in [3.8, 4) is 0 Å². The van der Waals surface area contributed by atoms with Crippen LogP contribution in [0.3, 0.4) is 0 Å². The van der Waals surface area contributed by atoms with E-state index in [1.165, 1.54) is 14.2 Å². The van der Waals surface area contributed by atoms with E-state index in [2.05, 4.69) is 10.3 Å². The predicted molar refractivity (Wildman–Crippen MR) is 98.9 cm³/mol. The number of benzene rings is 1. The fourth-order valence-electron chi connectivity index (χ4n) is 3.40. The van der Waals surface area contributed by atoms with E-state index < -0.39 is 17.4 Å². The van der Waals surface area contributed by atoms with Crippen molar-refractivity contribution in [2.45, 2.75) is 38.1 Å². The summed E-state index contributed by atoms with van der Waals surface area (Å²) in [6.45, 7) is 0. The standard InChI is InChI=1S/C20H24N2O5/c1-26-18(24)16(11-13-12-21-15-6-4-3-5-14(13)15)22-17(23)7-8-20(9-10-20)19(25)27-2/h3-6,12,16,21H,7-11H2,1-2H3,(H,22,23)/t16-/m1/s1. The first-order valence-corrected chi connectivity index (χ1v) is 9.00. The van der Waals surface area contributed by atoms with Crippen LogP contribution < -0.4 is 5.32 Å². The van der Waals surface area contributed by atoms with Gasteiger partial charge < -0.3 is 19.8 Å². The van der Waals surface area contributed by atoms with Gasteiger partial charge in [0.25, 0.3) is 0 Å². The zero-order chi connectivity index (χ0) is 19.4. The molecule has 1 aliphatic rings. The molecular formula is C20H24N2O5. The summed E-state index contributed by atoms with van der Waals surface area (Å²) in [5.74, 6) is -1.04. The minimum Gasteiger partial charge on any atom is -0.469 e. The fourth-order valence-corrected chi connectivity index (χ4v) is 3.40. The van der Waals surface area contributed by atoms with Crippen molar-refractivity contribution in [1.82, 2.24) is 10.3 Å². The van der Waals surface area contributed by atoms with E-state index in [0.717, 1.165) is 29.3 Å². The molecule has 0 saturated heterocycles. The van der Waals surface area contributed by atoms with Crippen molar-refractivity contribution in [1.29, 1.82) is 0 Å². The predicted octanol–water partition coefficient (Wildman–Crippen LogP) is 2.10. The highest BCUT2D eigenvalue weighted by molar-refractivity contribution is 5.88. The number of fused-ring (bicyclic) bond motifs is 1. The Kier molecular flexibility index (Phi) is 5.48. The van der Waals surface area contributed by atoms with Crippen LogP contribution >= 0.6 is 0 Å². The van der Waals surface area contributed by atoms with Crippen LogP contribution in [-0.2, 0) is 30.3 Å². The maximum Gasteiger partial charge on any atom is 0.328 e. The second-order valence-electron chi connectivity index (χ2n) is 6.98. The second kappa shape index (κ2) is 7.82. The molecule has 0 unspecified atom stereocenters. The van der Waals surface area contributed by atoms with Gasteiger partial charge >= 0.3 is 11.9 Å². The van der Waals surface area contributed by atoms with Crippen LogP contribution in [0.2, 0.25) is 0 Å². The van der Waals surface area contributed by atoms with Crippen molar-refractivity contribution >= 4 is 28.7 Å². The topological polar surface area (TPSA) is 97.5 Å². The summed E-state index contributed by atoms with van der Waals surface area (Å²) in [5.41, 5.74) is 1.37. The smallest absolute Gasteiger partial charge is 0.328 e. The Morgan fingerprint density at radius 1 is 1.19 bits per heavy atom. The number of H-pyrrole nitrogens is 1.